The van der Waals surface area contributed by atoms with Crippen molar-refractivity contribution in [1.29, 1.82) is 0 Å². The molecule has 0 saturated carbocycles. The first-order chi connectivity index (χ1) is 11.7. The summed E-state index contributed by atoms with van der Waals surface area (Å²) in [6, 6.07) is 18.8. The third kappa shape index (κ3) is 3.67. The van der Waals surface area contributed by atoms with Gasteiger partial charge in [0.2, 0.25) is 5.91 Å². The Morgan fingerprint density at radius 2 is 1.79 bits per heavy atom. The van der Waals surface area contributed by atoms with E-state index in [1.54, 1.807) is 18.2 Å². The van der Waals surface area contributed by atoms with Crippen LogP contribution in [-0.2, 0) is 11.4 Å². The summed E-state index contributed by atoms with van der Waals surface area (Å²) < 4.78 is 0. The number of fused-ring (bicyclic) bond motifs is 1. The first-order valence-corrected chi connectivity index (χ1v) is 7.96. The Kier molecular flexibility index (Phi) is 4.99. The van der Waals surface area contributed by atoms with E-state index < -0.39 is 0 Å². The van der Waals surface area contributed by atoms with E-state index in [1.165, 1.54) is 0 Å². The van der Waals surface area contributed by atoms with E-state index in [-0.39, 0.29) is 19.1 Å². The molecule has 5 heteroatoms. The summed E-state index contributed by atoms with van der Waals surface area (Å²) in [7, 11) is 0. The number of carbonyl (C=O) groups excluding carboxylic acids is 1. The number of nitrogens with one attached hydrogen (secondary N) is 2. The first kappa shape index (κ1) is 16.3. The molecule has 1 amide bonds. The average Bonchev–Trinajstić information content (AvgIpc) is 2.61. The van der Waals surface area contributed by atoms with Gasteiger partial charge in [-0.2, -0.15) is 0 Å². The van der Waals surface area contributed by atoms with Gasteiger partial charge in [-0.3, -0.25) is 4.79 Å². The van der Waals surface area contributed by atoms with Crippen molar-refractivity contribution in [1.82, 2.24) is 0 Å². The van der Waals surface area contributed by atoms with Gasteiger partial charge in [-0.1, -0.05) is 54.1 Å². The number of halogens is 1. The molecule has 0 aromatic heterocycles. The number of benzene rings is 3. The van der Waals surface area contributed by atoms with E-state index in [1.807, 2.05) is 42.5 Å². The molecule has 0 unspecified atom stereocenters. The summed E-state index contributed by atoms with van der Waals surface area (Å²) in [5, 5.41) is 17.7. The van der Waals surface area contributed by atoms with Crippen molar-refractivity contribution in [3.05, 3.63) is 71.2 Å². The standard InChI is InChI=1S/C19H17ClN2O2/c20-16-9-8-13(12-23)10-18(16)21-11-19(24)22-17-7-3-5-14-4-1-2-6-15(14)17/h1-10,21,23H,11-12H2,(H,22,24). The highest BCUT2D eigenvalue weighted by molar-refractivity contribution is 6.33. The van der Waals surface area contributed by atoms with Crippen LogP contribution in [0.25, 0.3) is 10.8 Å². The molecule has 3 rings (SSSR count). The van der Waals surface area contributed by atoms with E-state index in [0.717, 1.165) is 22.0 Å². The van der Waals surface area contributed by atoms with E-state index in [0.29, 0.717) is 10.7 Å². The van der Waals surface area contributed by atoms with E-state index >= 15 is 0 Å². The molecule has 0 saturated heterocycles. The molecular formula is C19H17ClN2O2. The smallest absolute Gasteiger partial charge is 0.243 e. The maximum Gasteiger partial charge on any atom is 0.243 e. The second-order valence-corrected chi connectivity index (χ2v) is 5.81. The van der Waals surface area contributed by atoms with Crippen molar-refractivity contribution in [2.75, 3.05) is 17.2 Å². The molecule has 3 aromatic rings. The normalized spacial score (nSPS) is 10.6. The molecule has 0 atom stereocenters. The second kappa shape index (κ2) is 7.34. The molecule has 0 spiro atoms. The third-order valence-corrected chi connectivity index (χ3v) is 4.05. The minimum absolute atomic E-state index is 0.0753. The van der Waals surface area contributed by atoms with Crippen LogP contribution in [0, 0.1) is 0 Å². The van der Waals surface area contributed by atoms with Gasteiger partial charge < -0.3 is 15.7 Å². The van der Waals surface area contributed by atoms with E-state index in [4.69, 9.17) is 11.6 Å². The number of aliphatic hydroxyl groups is 1. The van der Waals surface area contributed by atoms with Gasteiger partial charge in [0.15, 0.2) is 0 Å². The third-order valence-electron chi connectivity index (χ3n) is 3.72. The fraction of sp³-hybridized carbons (Fsp3) is 0.105. The Hall–Kier alpha value is -2.56. The van der Waals surface area contributed by atoms with E-state index in [9.17, 15) is 9.90 Å². The number of carbonyl (C=O) groups is 1. The number of hydrogen-bond acceptors (Lipinski definition) is 3. The SMILES string of the molecule is O=C(CNc1cc(CO)ccc1Cl)Nc1cccc2ccccc12. The molecule has 3 N–H and O–H groups in total. The molecule has 3 aromatic carbocycles. The van der Waals surface area contributed by atoms with E-state index in [2.05, 4.69) is 10.6 Å². The maximum absolute atomic E-state index is 12.2. The van der Waals surface area contributed by atoms with Gasteiger partial charge >= 0.3 is 0 Å². The Balaban J connectivity index is 1.70. The lowest BCUT2D eigenvalue weighted by molar-refractivity contribution is -0.114. The molecule has 4 nitrogen and oxygen atoms in total. The average molecular weight is 341 g/mol. The zero-order chi connectivity index (χ0) is 16.9. The quantitative estimate of drug-likeness (QED) is 0.657. The van der Waals surface area contributed by atoms with Crippen LogP contribution in [0.2, 0.25) is 5.02 Å². The van der Waals surface area contributed by atoms with Crippen LogP contribution in [0.1, 0.15) is 5.56 Å². The van der Waals surface area contributed by atoms with Crippen molar-refractivity contribution in [3.8, 4) is 0 Å². The lowest BCUT2D eigenvalue weighted by Crippen LogP contribution is -2.22. The molecule has 0 bridgehead atoms. The molecule has 24 heavy (non-hydrogen) atoms. The number of aliphatic hydroxyl groups excluding tert-OH is 1. The highest BCUT2D eigenvalue weighted by Gasteiger charge is 2.07. The van der Waals surface area contributed by atoms with Crippen LogP contribution >= 0.6 is 11.6 Å². The number of hydrogen-bond donors (Lipinski definition) is 3. The number of anilines is 2. The summed E-state index contributed by atoms with van der Waals surface area (Å²) in [5.41, 5.74) is 2.13. The summed E-state index contributed by atoms with van der Waals surface area (Å²) >= 11 is 6.10. The fourth-order valence-corrected chi connectivity index (χ4v) is 2.69. The van der Waals surface area contributed by atoms with Crippen LogP contribution in [0.3, 0.4) is 0 Å². The van der Waals surface area contributed by atoms with Crippen LogP contribution in [0.4, 0.5) is 11.4 Å². The lowest BCUT2D eigenvalue weighted by atomic mass is 10.1. The van der Waals surface area contributed by atoms with Crippen LogP contribution < -0.4 is 10.6 Å². The predicted octanol–water partition coefficient (Wildman–Crippen LogP) is 4.04. The summed E-state index contributed by atoms with van der Waals surface area (Å²) in [6.45, 7) is 0.00583. The molecule has 122 valence electrons. The minimum Gasteiger partial charge on any atom is -0.392 e. The van der Waals surface area contributed by atoms with Crippen molar-refractivity contribution in [2.45, 2.75) is 6.61 Å². The molecule has 0 aliphatic heterocycles. The summed E-state index contributed by atoms with van der Waals surface area (Å²) in [4.78, 5) is 12.2. The van der Waals surface area contributed by atoms with Crippen LogP contribution in [-0.4, -0.2) is 17.6 Å². The Morgan fingerprint density at radius 3 is 2.62 bits per heavy atom. The monoisotopic (exact) mass is 340 g/mol. The molecule has 0 fully saturated rings. The van der Waals surface area contributed by atoms with Crippen LogP contribution in [0.15, 0.2) is 60.7 Å². The maximum atomic E-state index is 12.2. The lowest BCUT2D eigenvalue weighted by Gasteiger charge is -2.11. The van der Waals surface area contributed by atoms with Gasteiger partial charge in [-0.05, 0) is 29.1 Å². The van der Waals surface area contributed by atoms with Crippen LogP contribution in [0.5, 0.6) is 0 Å². The van der Waals surface area contributed by atoms with Gasteiger partial charge in [-0.25, -0.2) is 0 Å². The minimum atomic E-state index is -0.170. The summed E-state index contributed by atoms with van der Waals surface area (Å²) in [5.74, 6) is -0.170. The van der Waals surface area contributed by atoms with Gasteiger partial charge in [0.05, 0.1) is 23.9 Å². The van der Waals surface area contributed by atoms with Gasteiger partial charge in [-0.15, -0.1) is 0 Å². The van der Waals surface area contributed by atoms with Gasteiger partial charge in [0.25, 0.3) is 0 Å². The Morgan fingerprint density at radius 1 is 1.00 bits per heavy atom. The summed E-state index contributed by atoms with van der Waals surface area (Å²) in [6.07, 6.45) is 0. The largest absolute Gasteiger partial charge is 0.392 e. The molecule has 0 radical (unpaired) electrons. The highest BCUT2D eigenvalue weighted by atomic mass is 35.5. The van der Waals surface area contributed by atoms with Crippen molar-refractivity contribution < 1.29 is 9.90 Å². The Bertz CT molecular complexity index is 875. The first-order valence-electron chi connectivity index (χ1n) is 7.58. The number of amides is 1. The van der Waals surface area contributed by atoms with Crippen molar-refractivity contribution >= 4 is 39.7 Å². The zero-order valence-corrected chi connectivity index (χ0v) is 13.7. The second-order valence-electron chi connectivity index (χ2n) is 5.40. The fourth-order valence-electron chi connectivity index (χ4n) is 2.51. The van der Waals surface area contributed by atoms with Crippen molar-refractivity contribution in [2.24, 2.45) is 0 Å². The van der Waals surface area contributed by atoms with Gasteiger partial charge in [0.1, 0.15) is 0 Å². The van der Waals surface area contributed by atoms with Gasteiger partial charge in [0, 0.05) is 11.1 Å². The van der Waals surface area contributed by atoms with Crippen molar-refractivity contribution in [3.63, 3.8) is 0 Å². The molecule has 0 aliphatic rings. The molecular weight excluding hydrogens is 324 g/mol. The topological polar surface area (TPSA) is 61.4 Å². The Labute approximate surface area is 145 Å². The number of rotatable bonds is 5. The predicted molar refractivity (Wildman–Crippen MR) is 98.4 cm³/mol. The molecule has 0 heterocycles. The molecule has 0 aliphatic carbocycles. The highest BCUT2D eigenvalue weighted by Crippen LogP contribution is 2.24. The zero-order valence-electron chi connectivity index (χ0n) is 12.9.